The van der Waals surface area contributed by atoms with Crippen LogP contribution in [0.5, 0.6) is 0 Å². The minimum Gasteiger partial charge on any atom is -0.462 e. The fourth-order valence-corrected chi connectivity index (χ4v) is 4.47. The van der Waals surface area contributed by atoms with Crippen LogP contribution >= 0.6 is 11.3 Å². The lowest BCUT2D eigenvalue weighted by atomic mass is 10.2. The van der Waals surface area contributed by atoms with Gasteiger partial charge in [0.05, 0.1) is 24.1 Å². The van der Waals surface area contributed by atoms with E-state index in [9.17, 15) is 22.8 Å². The Labute approximate surface area is 200 Å². The molecule has 2 aromatic carbocycles. The Morgan fingerprint density at radius 1 is 0.941 bits per heavy atom. The van der Waals surface area contributed by atoms with Crippen LogP contribution in [0.25, 0.3) is 10.4 Å². The first-order valence-corrected chi connectivity index (χ1v) is 12.8. The zero-order valence-corrected chi connectivity index (χ0v) is 20.0. The van der Waals surface area contributed by atoms with E-state index in [1.165, 1.54) is 35.6 Å². The minimum absolute atomic E-state index is 0.0653. The van der Waals surface area contributed by atoms with Crippen LogP contribution in [-0.4, -0.2) is 45.7 Å². The number of carbonyl (C=O) groups is 3. The van der Waals surface area contributed by atoms with Crippen LogP contribution in [0, 0.1) is 0 Å². The number of benzene rings is 2. The number of carbonyl (C=O) groups excluding carboxylic acids is 3. The molecule has 0 atom stereocenters. The molecule has 11 heteroatoms. The SMILES string of the molecule is CCOC(=O)c1sc(-c2ccccc2)cc1NC(=O)COC(=O)c1cccc(NS(C)(=O)=O)c1. The lowest BCUT2D eigenvalue weighted by Crippen LogP contribution is -2.22. The van der Waals surface area contributed by atoms with Crippen LogP contribution in [0.1, 0.15) is 27.0 Å². The fraction of sp³-hybridized carbons (Fsp3) is 0.174. The molecule has 0 bridgehead atoms. The predicted octanol–water partition coefficient (Wildman–Crippen LogP) is 3.76. The highest BCUT2D eigenvalue weighted by Crippen LogP contribution is 2.35. The lowest BCUT2D eigenvalue weighted by Gasteiger charge is -2.08. The summed E-state index contributed by atoms with van der Waals surface area (Å²) in [5.74, 6) is -2.04. The van der Waals surface area contributed by atoms with Gasteiger partial charge < -0.3 is 14.8 Å². The summed E-state index contributed by atoms with van der Waals surface area (Å²) in [6, 6.07) is 16.7. The third kappa shape index (κ3) is 6.90. The van der Waals surface area contributed by atoms with E-state index >= 15 is 0 Å². The van der Waals surface area contributed by atoms with Crippen molar-refractivity contribution in [3.8, 4) is 10.4 Å². The van der Waals surface area contributed by atoms with E-state index in [-0.39, 0.29) is 28.4 Å². The Balaban J connectivity index is 1.69. The van der Waals surface area contributed by atoms with E-state index < -0.39 is 34.5 Å². The molecule has 1 aromatic heterocycles. The quantitative estimate of drug-likeness (QED) is 0.427. The topological polar surface area (TPSA) is 128 Å². The van der Waals surface area contributed by atoms with Gasteiger partial charge in [-0.3, -0.25) is 9.52 Å². The number of ether oxygens (including phenoxy) is 2. The highest BCUT2D eigenvalue weighted by molar-refractivity contribution is 7.92. The largest absolute Gasteiger partial charge is 0.462 e. The monoisotopic (exact) mass is 502 g/mol. The van der Waals surface area contributed by atoms with Gasteiger partial charge in [0.2, 0.25) is 10.0 Å². The highest BCUT2D eigenvalue weighted by Gasteiger charge is 2.21. The molecular weight excluding hydrogens is 480 g/mol. The molecule has 0 aliphatic rings. The van der Waals surface area contributed by atoms with Crippen molar-refractivity contribution in [2.45, 2.75) is 6.92 Å². The molecule has 0 saturated heterocycles. The second kappa shape index (κ2) is 10.9. The summed E-state index contributed by atoms with van der Waals surface area (Å²) in [7, 11) is -3.52. The number of esters is 2. The van der Waals surface area contributed by atoms with Gasteiger partial charge in [-0.1, -0.05) is 36.4 Å². The number of anilines is 2. The zero-order chi connectivity index (χ0) is 24.7. The van der Waals surface area contributed by atoms with Gasteiger partial charge in [-0.05, 0) is 36.8 Å². The normalized spacial score (nSPS) is 10.9. The van der Waals surface area contributed by atoms with Crippen LogP contribution in [0.2, 0.25) is 0 Å². The molecule has 1 heterocycles. The molecule has 0 aliphatic carbocycles. The van der Waals surface area contributed by atoms with Crippen LogP contribution in [0.4, 0.5) is 11.4 Å². The van der Waals surface area contributed by atoms with Crippen molar-refractivity contribution in [3.05, 3.63) is 71.1 Å². The Hall–Kier alpha value is -3.70. The van der Waals surface area contributed by atoms with Crippen molar-refractivity contribution in [3.63, 3.8) is 0 Å². The molecule has 0 aliphatic heterocycles. The number of sulfonamides is 1. The number of amides is 1. The fourth-order valence-electron chi connectivity index (χ4n) is 2.90. The Bertz CT molecular complexity index is 1300. The summed E-state index contributed by atoms with van der Waals surface area (Å²) in [6.45, 7) is 1.25. The molecule has 3 rings (SSSR count). The van der Waals surface area contributed by atoms with Crippen molar-refractivity contribution >= 4 is 50.6 Å². The summed E-state index contributed by atoms with van der Waals surface area (Å²) in [4.78, 5) is 38.1. The second-order valence-corrected chi connectivity index (χ2v) is 9.82. The summed E-state index contributed by atoms with van der Waals surface area (Å²) in [5, 5.41) is 2.59. The van der Waals surface area contributed by atoms with E-state index in [1.54, 1.807) is 13.0 Å². The molecular formula is C23H22N2O7S2. The first-order chi connectivity index (χ1) is 16.2. The molecule has 34 heavy (non-hydrogen) atoms. The summed E-state index contributed by atoms with van der Waals surface area (Å²) in [6.07, 6.45) is 0.987. The minimum atomic E-state index is -3.52. The first-order valence-electron chi connectivity index (χ1n) is 10.1. The Morgan fingerprint density at radius 3 is 2.35 bits per heavy atom. The van der Waals surface area contributed by atoms with Gasteiger partial charge in [-0.25, -0.2) is 18.0 Å². The molecule has 9 nitrogen and oxygen atoms in total. The number of thiophene rings is 1. The maximum Gasteiger partial charge on any atom is 0.350 e. The van der Waals surface area contributed by atoms with Crippen LogP contribution in [-0.2, 0) is 24.3 Å². The van der Waals surface area contributed by atoms with E-state index in [4.69, 9.17) is 9.47 Å². The van der Waals surface area contributed by atoms with E-state index in [0.29, 0.717) is 0 Å². The standard InChI is InChI=1S/C23H22N2O7S2/c1-3-31-23(28)21-18(13-19(33-21)15-8-5-4-6-9-15)24-20(26)14-32-22(27)16-10-7-11-17(12-16)25-34(2,29)30/h4-13,25H,3,14H2,1-2H3,(H,24,26). The van der Waals surface area contributed by atoms with Crippen molar-refractivity contribution in [1.82, 2.24) is 0 Å². The molecule has 178 valence electrons. The Morgan fingerprint density at radius 2 is 1.68 bits per heavy atom. The van der Waals surface area contributed by atoms with Gasteiger partial charge >= 0.3 is 11.9 Å². The molecule has 0 fully saturated rings. The second-order valence-electron chi connectivity index (χ2n) is 7.02. The van der Waals surface area contributed by atoms with Gasteiger partial charge in [0.15, 0.2) is 6.61 Å². The molecule has 0 radical (unpaired) electrons. The molecule has 0 saturated carbocycles. The maximum atomic E-state index is 12.5. The number of hydrogen-bond acceptors (Lipinski definition) is 8. The Kier molecular flexibility index (Phi) is 8.03. The van der Waals surface area contributed by atoms with Crippen LogP contribution in [0.3, 0.4) is 0 Å². The lowest BCUT2D eigenvalue weighted by molar-refractivity contribution is -0.119. The summed E-state index contributed by atoms with van der Waals surface area (Å²) < 4.78 is 35.1. The van der Waals surface area contributed by atoms with Gasteiger partial charge in [-0.2, -0.15) is 0 Å². The van der Waals surface area contributed by atoms with Crippen LogP contribution in [0.15, 0.2) is 60.7 Å². The first kappa shape index (κ1) is 24.9. The highest BCUT2D eigenvalue weighted by atomic mass is 32.2. The summed E-state index contributed by atoms with van der Waals surface area (Å²) >= 11 is 1.18. The van der Waals surface area contributed by atoms with Crippen LogP contribution < -0.4 is 10.0 Å². The van der Waals surface area contributed by atoms with E-state index in [0.717, 1.165) is 16.7 Å². The van der Waals surface area contributed by atoms with Gasteiger partial charge in [0, 0.05) is 10.6 Å². The average molecular weight is 503 g/mol. The van der Waals surface area contributed by atoms with E-state index in [1.807, 2.05) is 30.3 Å². The number of hydrogen-bond donors (Lipinski definition) is 2. The zero-order valence-electron chi connectivity index (χ0n) is 18.4. The molecule has 0 spiro atoms. The molecule has 2 N–H and O–H groups in total. The van der Waals surface area contributed by atoms with Crippen molar-refractivity contribution in [2.75, 3.05) is 29.5 Å². The predicted molar refractivity (Wildman–Crippen MR) is 130 cm³/mol. The van der Waals surface area contributed by atoms with Crippen molar-refractivity contribution in [2.24, 2.45) is 0 Å². The van der Waals surface area contributed by atoms with Gasteiger partial charge in [0.1, 0.15) is 4.88 Å². The third-order valence-corrected chi connectivity index (χ3v) is 6.03. The van der Waals surface area contributed by atoms with Gasteiger partial charge in [0.25, 0.3) is 5.91 Å². The third-order valence-electron chi connectivity index (χ3n) is 4.26. The number of rotatable bonds is 9. The average Bonchev–Trinajstić information content (AvgIpc) is 3.21. The van der Waals surface area contributed by atoms with Gasteiger partial charge in [-0.15, -0.1) is 11.3 Å². The molecule has 0 unspecified atom stereocenters. The van der Waals surface area contributed by atoms with E-state index in [2.05, 4.69) is 10.0 Å². The van der Waals surface area contributed by atoms with Crippen molar-refractivity contribution < 1.29 is 32.3 Å². The molecule has 1 amide bonds. The maximum absolute atomic E-state index is 12.5. The summed E-state index contributed by atoms with van der Waals surface area (Å²) in [5.41, 5.74) is 1.37. The molecule has 3 aromatic rings. The smallest absolute Gasteiger partial charge is 0.350 e. The number of nitrogens with one attached hydrogen (secondary N) is 2. The van der Waals surface area contributed by atoms with Crippen molar-refractivity contribution in [1.29, 1.82) is 0 Å².